The first-order valence-corrected chi connectivity index (χ1v) is 7.97. The average Bonchev–Trinajstić information content (AvgIpc) is 2.94. The molecule has 0 bridgehead atoms. The van der Waals surface area contributed by atoms with Crippen LogP contribution >= 0.6 is 0 Å². The van der Waals surface area contributed by atoms with E-state index in [1.165, 1.54) is 57.8 Å². The molecule has 0 radical (unpaired) electrons. The fraction of sp³-hybridized carbons (Fsp3) is 1.00. The molecule has 0 aliphatic heterocycles. The molecule has 2 heteroatoms. The number of hydrogen-bond acceptors (Lipinski definition) is 2. The molecule has 1 unspecified atom stereocenters. The van der Waals surface area contributed by atoms with Gasteiger partial charge in [0.1, 0.15) is 0 Å². The highest BCUT2D eigenvalue weighted by atomic mass is 16.5. The zero-order chi connectivity index (χ0) is 12.8. The van der Waals surface area contributed by atoms with Crippen molar-refractivity contribution < 1.29 is 4.74 Å². The van der Waals surface area contributed by atoms with Crippen molar-refractivity contribution >= 4 is 0 Å². The van der Waals surface area contributed by atoms with Crippen molar-refractivity contribution in [2.75, 3.05) is 27.3 Å². The SMILES string of the molecule is CNCC(COC)(C1CCCCC1)C1CCCC1. The lowest BCUT2D eigenvalue weighted by molar-refractivity contribution is -0.0280. The van der Waals surface area contributed by atoms with Crippen LogP contribution in [-0.2, 0) is 4.74 Å². The summed E-state index contributed by atoms with van der Waals surface area (Å²) < 4.78 is 5.69. The van der Waals surface area contributed by atoms with Gasteiger partial charge in [0.05, 0.1) is 6.61 Å². The van der Waals surface area contributed by atoms with Crippen LogP contribution in [-0.4, -0.2) is 27.3 Å². The van der Waals surface area contributed by atoms with Crippen LogP contribution in [0.4, 0.5) is 0 Å². The van der Waals surface area contributed by atoms with Crippen molar-refractivity contribution in [3.63, 3.8) is 0 Å². The summed E-state index contributed by atoms with van der Waals surface area (Å²) in [6.45, 7) is 2.11. The van der Waals surface area contributed by atoms with Crippen LogP contribution in [0.25, 0.3) is 0 Å². The summed E-state index contributed by atoms with van der Waals surface area (Å²) in [6.07, 6.45) is 12.9. The Hall–Kier alpha value is -0.0800. The lowest BCUT2D eigenvalue weighted by Gasteiger charge is -2.46. The Balaban J connectivity index is 2.16. The number of rotatable bonds is 6. The van der Waals surface area contributed by atoms with Gasteiger partial charge in [-0.15, -0.1) is 0 Å². The summed E-state index contributed by atoms with van der Waals surface area (Å²) in [7, 11) is 4.00. The topological polar surface area (TPSA) is 21.3 Å². The Kier molecular flexibility index (Phi) is 5.50. The Morgan fingerprint density at radius 3 is 1.89 bits per heavy atom. The molecule has 2 aliphatic rings. The molecule has 2 nitrogen and oxygen atoms in total. The molecule has 0 spiro atoms. The van der Waals surface area contributed by atoms with Crippen molar-refractivity contribution in [3.8, 4) is 0 Å². The fourth-order valence-electron chi connectivity index (χ4n) is 4.68. The van der Waals surface area contributed by atoms with Gasteiger partial charge < -0.3 is 10.1 Å². The molecule has 1 N–H and O–H groups in total. The number of ether oxygens (including phenoxy) is 1. The van der Waals surface area contributed by atoms with E-state index in [0.29, 0.717) is 5.41 Å². The van der Waals surface area contributed by atoms with Gasteiger partial charge in [-0.3, -0.25) is 0 Å². The number of nitrogens with one attached hydrogen (secondary N) is 1. The smallest absolute Gasteiger partial charge is 0.0536 e. The van der Waals surface area contributed by atoms with Gasteiger partial charge in [0.15, 0.2) is 0 Å². The molecule has 106 valence electrons. The predicted molar refractivity (Wildman–Crippen MR) is 76.8 cm³/mol. The molecule has 2 saturated carbocycles. The summed E-state index contributed by atoms with van der Waals surface area (Å²) in [5, 5.41) is 3.49. The second-order valence-electron chi connectivity index (χ2n) is 6.51. The van der Waals surface area contributed by atoms with Crippen molar-refractivity contribution in [2.45, 2.75) is 57.8 Å². The molecule has 0 amide bonds. The largest absolute Gasteiger partial charge is 0.384 e. The predicted octanol–water partition coefficient (Wildman–Crippen LogP) is 3.61. The van der Waals surface area contributed by atoms with Crippen molar-refractivity contribution in [1.82, 2.24) is 5.32 Å². The number of methoxy groups -OCH3 is 1. The first-order valence-electron chi connectivity index (χ1n) is 7.97. The molecule has 0 aromatic carbocycles. The highest BCUT2D eigenvalue weighted by molar-refractivity contribution is 4.96. The lowest BCUT2D eigenvalue weighted by atomic mass is 9.61. The van der Waals surface area contributed by atoms with Gasteiger partial charge >= 0.3 is 0 Å². The third-order valence-electron chi connectivity index (χ3n) is 5.51. The molecule has 0 aromatic heterocycles. The molecule has 1 atom stereocenters. The van der Waals surface area contributed by atoms with Crippen molar-refractivity contribution in [1.29, 1.82) is 0 Å². The van der Waals surface area contributed by atoms with Gasteiger partial charge in [-0.05, 0) is 44.6 Å². The van der Waals surface area contributed by atoms with Gasteiger partial charge in [-0.25, -0.2) is 0 Å². The third-order valence-corrected chi connectivity index (χ3v) is 5.51. The second-order valence-corrected chi connectivity index (χ2v) is 6.51. The zero-order valence-electron chi connectivity index (χ0n) is 12.3. The number of hydrogen-bond donors (Lipinski definition) is 1. The standard InChI is InChI=1S/C16H31NO/c1-17-12-16(13-18-2,15-10-6-7-11-15)14-8-4-3-5-9-14/h14-15,17H,3-13H2,1-2H3. The quantitative estimate of drug-likeness (QED) is 0.781. The maximum absolute atomic E-state index is 5.69. The van der Waals surface area contributed by atoms with E-state index in [1.807, 2.05) is 7.11 Å². The first kappa shape index (κ1) is 14.3. The summed E-state index contributed by atoms with van der Waals surface area (Å²) in [5.41, 5.74) is 0.417. The van der Waals surface area contributed by atoms with Crippen LogP contribution in [0.5, 0.6) is 0 Å². The van der Waals surface area contributed by atoms with E-state index in [9.17, 15) is 0 Å². The van der Waals surface area contributed by atoms with E-state index >= 15 is 0 Å². The molecule has 18 heavy (non-hydrogen) atoms. The Morgan fingerprint density at radius 1 is 0.944 bits per heavy atom. The molecule has 0 heterocycles. The van der Waals surface area contributed by atoms with Crippen molar-refractivity contribution in [3.05, 3.63) is 0 Å². The van der Waals surface area contributed by atoms with Crippen LogP contribution < -0.4 is 5.32 Å². The average molecular weight is 253 g/mol. The van der Waals surface area contributed by atoms with E-state index in [1.54, 1.807) is 0 Å². The minimum Gasteiger partial charge on any atom is -0.384 e. The Labute approximate surface area is 113 Å². The Morgan fingerprint density at radius 2 is 1.44 bits per heavy atom. The monoisotopic (exact) mass is 253 g/mol. The van der Waals surface area contributed by atoms with Crippen LogP contribution in [0, 0.1) is 17.3 Å². The van der Waals surface area contributed by atoms with Gasteiger partial charge in [0.2, 0.25) is 0 Å². The first-order chi connectivity index (χ1) is 8.83. The molecule has 2 fully saturated rings. The molecule has 0 saturated heterocycles. The summed E-state index contributed by atoms with van der Waals surface area (Å²) in [6, 6.07) is 0. The maximum atomic E-state index is 5.69. The third kappa shape index (κ3) is 2.91. The molecule has 0 aromatic rings. The van der Waals surface area contributed by atoms with Crippen LogP contribution in [0.2, 0.25) is 0 Å². The van der Waals surface area contributed by atoms with Crippen LogP contribution in [0.3, 0.4) is 0 Å². The van der Waals surface area contributed by atoms with Crippen LogP contribution in [0.1, 0.15) is 57.8 Å². The summed E-state index contributed by atoms with van der Waals surface area (Å²) in [4.78, 5) is 0. The maximum Gasteiger partial charge on any atom is 0.0536 e. The molecular weight excluding hydrogens is 222 g/mol. The molecular formula is C16H31NO. The van der Waals surface area contributed by atoms with E-state index in [0.717, 1.165) is 25.0 Å². The Bertz CT molecular complexity index is 223. The minimum atomic E-state index is 0.417. The molecule has 2 rings (SSSR count). The second kappa shape index (κ2) is 6.91. The molecule has 2 aliphatic carbocycles. The van der Waals surface area contributed by atoms with E-state index < -0.39 is 0 Å². The minimum absolute atomic E-state index is 0.417. The van der Waals surface area contributed by atoms with Gasteiger partial charge in [0, 0.05) is 19.1 Å². The normalized spacial score (nSPS) is 26.3. The zero-order valence-corrected chi connectivity index (χ0v) is 12.3. The fourth-order valence-corrected chi connectivity index (χ4v) is 4.68. The summed E-state index contributed by atoms with van der Waals surface area (Å²) >= 11 is 0. The van der Waals surface area contributed by atoms with E-state index in [2.05, 4.69) is 12.4 Å². The summed E-state index contributed by atoms with van der Waals surface area (Å²) in [5.74, 6) is 1.79. The highest BCUT2D eigenvalue weighted by Crippen LogP contribution is 2.49. The van der Waals surface area contributed by atoms with Crippen LogP contribution in [0.15, 0.2) is 0 Å². The van der Waals surface area contributed by atoms with Crippen molar-refractivity contribution in [2.24, 2.45) is 17.3 Å². The van der Waals surface area contributed by atoms with Gasteiger partial charge in [-0.2, -0.15) is 0 Å². The van der Waals surface area contributed by atoms with E-state index in [4.69, 9.17) is 4.74 Å². The van der Waals surface area contributed by atoms with Gasteiger partial charge in [0.25, 0.3) is 0 Å². The van der Waals surface area contributed by atoms with E-state index in [-0.39, 0.29) is 0 Å². The van der Waals surface area contributed by atoms with Gasteiger partial charge in [-0.1, -0.05) is 32.1 Å². The lowest BCUT2D eigenvalue weighted by Crippen LogP contribution is -2.48. The highest BCUT2D eigenvalue weighted by Gasteiger charge is 2.45.